The molecule has 1 unspecified atom stereocenters. The third kappa shape index (κ3) is 2.47. The van der Waals surface area contributed by atoms with Crippen molar-refractivity contribution in [1.29, 1.82) is 0 Å². The fourth-order valence-electron chi connectivity index (χ4n) is 2.61. The van der Waals surface area contributed by atoms with Crippen LogP contribution in [0.3, 0.4) is 0 Å². The lowest BCUT2D eigenvalue weighted by molar-refractivity contribution is 0.0733. The van der Waals surface area contributed by atoms with Crippen molar-refractivity contribution in [2.45, 2.75) is 39.2 Å². The number of nitrogens with one attached hydrogen (secondary N) is 1. The number of rotatable bonds is 3. The number of aromatic nitrogens is 1. The molecule has 98 valence electrons. The maximum atomic E-state index is 12.5. The number of hydrogen-bond donors (Lipinski definition) is 1. The molecule has 4 heteroatoms. The summed E-state index contributed by atoms with van der Waals surface area (Å²) >= 11 is 0. The monoisotopic (exact) mass is 247 g/mol. The largest absolute Gasteiger partial charge is 0.373 e. The average Bonchev–Trinajstić information content (AvgIpc) is 2.85. The smallest absolute Gasteiger partial charge is 0.254 e. The first kappa shape index (κ1) is 12.9. The number of likely N-dealkylation sites (tertiary alicyclic amines) is 1. The van der Waals surface area contributed by atoms with Crippen LogP contribution in [0.2, 0.25) is 0 Å². The highest BCUT2D eigenvalue weighted by Gasteiger charge is 2.28. The van der Waals surface area contributed by atoms with Gasteiger partial charge in [-0.15, -0.1) is 0 Å². The van der Waals surface area contributed by atoms with E-state index in [4.69, 9.17) is 0 Å². The maximum absolute atomic E-state index is 12.5. The normalized spacial score (nSPS) is 19.1. The molecule has 1 atom stereocenters. The maximum Gasteiger partial charge on any atom is 0.254 e. The molecular weight excluding hydrogens is 226 g/mol. The second kappa shape index (κ2) is 5.38. The van der Waals surface area contributed by atoms with Crippen molar-refractivity contribution in [3.8, 4) is 0 Å². The van der Waals surface area contributed by atoms with Crippen LogP contribution in [0.25, 0.3) is 0 Å². The minimum atomic E-state index is 0.140. The van der Waals surface area contributed by atoms with Gasteiger partial charge < -0.3 is 10.2 Å². The van der Waals surface area contributed by atoms with E-state index in [1.165, 1.54) is 0 Å². The van der Waals surface area contributed by atoms with Crippen molar-refractivity contribution in [1.82, 2.24) is 9.88 Å². The SMILES string of the molecule is CCC1CCCN1C(=O)c1cc(C)nc(NC)c1. The van der Waals surface area contributed by atoms with Crippen molar-refractivity contribution >= 4 is 11.7 Å². The number of pyridine rings is 1. The lowest BCUT2D eigenvalue weighted by Crippen LogP contribution is -2.35. The molecule has 0 aliphatic carbocycles. The summed E-state index contributed by atoms with van der Waals surface area (Å²) in [5, 5.41) is 3.00. The lowest BCUT2D eigenvalue weighted by Gasteiger charge is -2.24. The molecule has 1 saturated heterocycles. The van der Waals surface area contributed by atoms with Gasteiger partial charge in [0.15, 0.2) is 0 Å². The van der Waals surface area contributed by atoms with E-state index in [2.05, 4.69) is 17.2 Å². The second-order valence-corrected chi connectivity index (χ2v) is 4.84. The zero-order valence-electron chi connectivity index (χ0n) is 11.4. The summed E-state index contributed by atoms with van der Waals surface area (Å²) in [5.41, 5.74) is 1.62. The Morgan fingerprint density at radius 1 is 1.56 bits per heavy atom. The molecule has 1 aromatic rings. The molecule has 1 amide bonds. The molecule has 0 radical (unpaired) electrons. The first-order valence-electron chi connectivity index (χ1n) is 6.63. The van der Waals surface area contributed by atoms with E-state index in [1.807, 2.05) is 31.0 Å². The number of anilines is 1. The van der Waals surface area contributed by atoms with Gasteiger partial charge in [0.05, 0.1) is 0 Å². The van der Waals surface area contributed by atoms with Gasteiger partial charge in [0.25, 0.3) is 5.91 Å². The predicted octanol–water partition coefficient (Wildman–Crippen LogP) is 2.45. The molecule has 0 saturated carbocycles. The summed E-state index contributed by atoms with van der Waals surface area (Å²) < 4.78 is 0. The molecule has 0 spiro atoms. The lowest BCUT2D eigenvalue weighted by atomic mass is 10.1. The minimum Gasteiger partial charge on any atom is -0.373 e. The van der Waals surface area contributed by atoms with E-state index in [0.29, 0.717) is 6.04 Å². The van der Waals surface area contributed by atoms with E-state index in [9.17, 15) is 4.79 Å². The van der Waals surface area contributed by atoms with Gasteiger partial charge in [0.2, 0.25) is 0 Å². The third-order valence-corrected chi connectivity index (χ3v) is 3.57. The predicted molar refractivity (Wildman–Crippen MR) is 72.9 cm³/mol. The Labute approximate surface area is 108 Å². The molecule has 0 bridgehead atoms. The number of amides is 1. The van der Waals surface area contributed by atoms with E-state index < -0.39 is 0 Å². The number of carbonyl (C=O) groups excluding carboxylic acids is 1. The second-order valence-electron chi connectivity index (χ2n) is 4.84. The van der Waals surface area contributed by atoms with Crippen molar-refractivity contribution in [2.24, 2.45) is 0 Å². The molecule has 0 aromatic carbocycles. The summed E-state index contributed by atoms with van der Waals surface area (Å²) in [6, 6.07) is 4.11. The van der Waals surface area contributed by atoms with Crippen LogP contribution in [0.1, 0.15) is 42.2 Å². The molecule has 2 rings (SSSR count). The Hall–Kier alpha value is -1.58. The molecule has 1 aliphatic heterocycles. The van der Waals surface area contributed by atoms with E-state index in [-0.39, 0.29) is 5.91 Å². The van der Waals surface area contributed by atoms with Gasteiger partial charge in [-0.3, -0.25) is 4.79 Å². The first-order valence-corrected chi connectivity index (χ1v) is 6.63. The van der Waals surface area contributed by atoms with Gasteiger partial charge in [0.1, 0.15) is 5.82 Å². The number of hydrogen-bond acceptors (Lipinski definition) is 3. The zero-order chi connectivity index (χ0) is 13.1. The highest BCUT2D eigenvalue weighted by atomic mass is 16.2. The molecule has 2 heterocycles. The van der Waals surface area contributed by atoms with Crippen LogP contribution in [0.15, 0.2) is 12.1 Å². The van der Waals surface area contributed by atoms with Crippen LogP contribution in [-0.4, -0.2) is 35.4 Å². The number of carbonyl (C=O) groups is 1. The Morgan fingerprint density at radius 2 is 2.33 bits per heavy atom. The highest BCUT2D eigenvalue weighted by Crippen LogP contribution is 2.23. The first-order chi connectivity index (χ1) is 8.65. The summed E-state index contributed by atoms with van der Waals surface area (Å²) in [6.07, 6.45) is 3.28. The Morgan fingerprint density at radius 3 is 3.00 bits per heavy atom. The van der Waals surface area contributed by atoms with Gasteiger partial charge in [-0.1, -0.05) is 6.92 Å². The minimum absolute atomic E-state index is 0.140. The molecule has 1 fully saturated rings. The van der Waals surface area contributed by atoms with E-state index in [1.54, 1.807) is 0 Å². The summed E-state index contributed by atoms with van der Waals surface area (Å²) in [7, 11) is 1.82. The van der Waals surface area contributed by atoms with Gasteiger partial charge in [-0.2, -0.15) is 0 Å². The summed E-state index contributed by atoms with van der Waals surface area (Å²) in [4.78, 5) is 18.8. The fourth-order valence-corrected chi connectivity index (χ4v) is 2.61. The van der Waals surface area contributed by atoms with Crippen LogP contribution in [0.5, 0.6) is 0 Å². The summed E-state index contributed by atoms with van der Waals surface area (Å²) in [6.45, 7) is 4.94. The van der Waals surface area contributed by atoms with Gasteiger partial charge in [-0.05, 0) is 38.3 Å². The third-order valence-electron chi connectivity index (χ3n) is 3.57. The van der Waals surface area contributed by atoms with Crippen LogP contribution in [0, 0.1) is 6.92 Å². The van der Waals surface area contributed by atoms with Gasteiger partial charge in [-0.25, -0.2) is 4.98 Å². The van der Waals surface area contributed by atoms with Crippen LogP contribution in [-0.2, 0) is 0 Å². The quantitative estimate of drug-likeness (QED) is 0.892. The van der Waals surface area contributed by atoms with Gasteiger partial charge >= 0.3 is 0 Å². The number of nitrogens with zero attached hydrogens (tertiary/aromatic N) is 2. The molecular formula is C14H21N3O. The average molecular weight is 247 g/mol. The topological polar surface area (TPSA) is 45.2 Å². The molecule has 18 heavy (non-hydrogen) atoms. The zero-order valence-corrected chi connectivity index (χ0v) is 11.4. The van der Waals surface area contributed by atoms with Crippen molar-refractivity contribution in [3.05, 3.63) is 23.4 Å². The van der Waals surface area contributed by atoms with E-state index >= 15 is 0 Å². The van der Waals surface area contributed by atoms with Crippen LogP contribution >= 0.6 is 0 Å². The summed E-state index contributed by atoms with van der Waals surface area (Å²) in [5.74, 6) is 0.895. The van der Waals surface area contributed by atoms with Crippen molar-refractivity contribution in [2.75, 3.05) is 18.9 Å². The standard InChI is InChI=1S/C14H21N3O/c1-4-12-6-5-7-17(12)14(18)11-8-10(2)16-13(9-11)15-3/h8-9,12H,4-7H2,1-3H3,(H,15,16). The van der Waals surface area contributed by atoms with E-state index in [0.717, 1.165) is 42.9 Å². The molecule has 1 N–H and O–H groups in total. The molecule has 1 aliphatic rings. The number of aryl methyl sites for hydroxylation is 1. The molecule has 1 aromatic heterocycles. The molecule has 4 nitrogen and oxygen atoms in total. The van der Waals surface area contributed by atoms with Crippen LogP contribution in [0.4, 0.5) is 5.82 Å². The highest BCUT2D eigenvalue weighted by molar-refractivity contribution is 5.95. The Bertz CT molecular complexity index is 445. The van der Waals surface area contributed by atoms with Crippen molar-refractivity contribution in [3.63, 3.8) is 0 Å². The van der Waals surface area contributed by atoms with Gasteiger partial charge in [0, 0.05) is 30.9 Å². The Kier molecular flexibility index (Phi) is 3.84. The van der Waals surface area contributed by atoms with Crippen molar-refractivity contribution < 1.29 is 4.79 Å². The fraction of sp³-hybridized carbons (Fsp3) is 0.571. The van der Waals surface area contributed by atoms with Crippen LogP contribution < -0.4 is 5.32 Å². The Balaban J connectivity index is 2.25.